The molecule has 3 aromatic rings. The number of sulfonamides is 1. The molecule has 2 aromatic carbocycles. The van der Waals surface area contributed by atoms with E-state index in [2.05, 4.69) is 11.1 Å². The molecule has 0 unspecified atom stereocenters. The molecule has 1 saturated carbocycles. The zero-order chi connectivity index (χ0) is 25.0. The monoisotopic (exact) mass is 515 g/mol. The van der Waals surface area contributed by atoms with Crippen LogP contribution in [0.5, 0.6) is 0 Å². The van der Waals surface area contributed by atoms with Crippen molar-refractivity contribution < 1.29 is 17.9 Å². The van der Waals surface area contributed by atoms with Crippen molar-refractivity contribution in [2.75, 3.05) is 20.3 Å². The Morgan fingerprint density at radius 1 is 1.14 bits per heavy atom. The summed E-state index contributed by atoms with van der Waals surface area (Å²) >= 11 is 1.46. The van der Waals surface area contributed by atoms with Gasteiger partial charge >= 0.3 is 0 Å². The van der Waals surface area contributed by atoms with Gasteiger partial charge in [0.15, 0.2) is 4.80 Å². The van der Waals surface area contributed by atoms with Gasteiger partial charge in [0.1, 0.15) is 0 Å². The highest BCUT2D eigenvalue weighted by atomic mass is 32.2. The molecule has 1 aliphatic carbocycles. The normalized spacial score (nSPS) is 15.8. The lowest BCUT2D eigenvalue weighted by atomic mass is 9.96. The number of carbonyl (C=O) groups is 1. The summed E-state index contributed by atoms with van der Waals surface area (Å²) in [5.41, 5.74) is 2.51. The highest BCUT2D eigenvalue weighted by Gasteiger charge is 2.29. The zero-order valence-corrected chi connectivity index (χ0v) is 22.2. The Morgan fingerprint density at radius 2 is 1.86 bits per heavy atom. The van der Waals surface area contributed by atoms with Crippen LogP contribution in [0, 0.1) is 6.92 Å². The maximum absolute atomic E-state index is 13.1. The summed E-state index contributed by atoms with van der Waals surface area (Å²) in [6.45, 7) is 5.73. The van der Waals surface area contributed by atoms with E-state index < -0.39 is 15.9 Å². The van der Waals surface area contributed by atoms with E-state index >= 15 is 0 Å². The topological polar surface area (TPSA) is 81.0 Å². The molecule has 4 rings (SSSR count). The van der Waals surface area contributed by atoms with E-state index in [9.17, 15) is 13.2 Å². The lowest BCUT2D eigenvalue weighted by molar-refractivity contribution is 0.0996. The molecule has 0 bridgehead atoms. The summed E-state index contributed by atoms with van der Waals surface area (Å²) in [6, 6.07) is 12.3. The molecule has 188 valence electrons. The van der Waals surface area contributed by atoms with Crippen LogP contribution in [0.3, 0.4) is 0 Å². The number of fused-ring (bicyclic) bond motifs is 1. The molecular formula is C26H33N3O4S2. The van der Waals surface area contributed by atoms with Gasteiger partial charge in [-0.1, -0.05) is 36.7 Å². The van der Waals surface area contributed by atoms with Crippen LogP contribution in [-0.4, -0.2) is 49.5 Å². The minimum atomic E-state index is -3.61. The standard InChI is InChI=1S/C26H33N3O4S2/c1-4-33-17-16-29-23-15-10-19(2)18-24(23)34-26(29)27-25(30)20-11-13-22(14-12-20)35(31,32)28(3)21-8-6-5-7-9-21/h10-15,18,21H,4-9,16-17H2,1-3H3. The van der Waals surface area contributed by atoms with Gasteiger partial charge in [-0.2, -0.15) is 9.30 Å². The number of nitrogens with zero attached hydrogens (tertiary/aromatic N) is 3. The second-order valence-electron chi connectivity index (χ2n) is 8.96. The van der Waals surface area contributed by atoms with Crippen molar-refractivity contribution in [2.45, 2.75) is 63.4 Å². The highest BCUT2D eigenvalue weighted by molar-refractivity contribution is 7.89. The van der Waals surface area contributed by atoms with E-state index in [1.54, 1.807) is 19.2 Å². The van der Waals surface area contributed by atoms with Crippen LogP contribution >= 0.6 is 11.3 Å². The highest BCUT2D eigenvalue weighted by Crippen LogP contribution is 2.26. The molecule has 1 amide bonds. The summed E-state index contributed by atoms with van der Waals surface area (Å²) in [7, 11) is -1.95. The number of hydrogen-bond acceptors (Lipinski definition) is 5. The van der Waals surface area contributed by atoms with Crippen molar-refractivity contribution in [3.05, 3.63) is 58.4 Å². The summed E-state index contributed by atoms with van der Waals surface area (Å²) < 4.78 is 36.3. The SMILES string of the molecule is CCOCCn1c(=NC(=O)c2ccc(S(=O)(=O)N(C)C3CCCCC3)cc2)sc2cc(C)ccc21. The maximum Gasteiger partial charge on any atom is 0.279 e. The fraction of sp³-hybridized carbons (Fsp3) is 0.462. The third kappa shape index (κ3) is 5.74. The molecule has 7 nitrogen and oxygen atoms in total. The van der Waals surface area contributed by atoms with Crippen molar-refractivity contribution in [2.24, 2.45) is 4.99 Å². The van der Waals surface area contributed by atoms with E-state index in [4.69, 9.17) is 4.74 Å². The first kappa shape index (κ1) is 25.8. The minimum absolute atomic E-state index is 0.0359. The number of amides is 1. The molecule has 9 heteroatoms. The van der Waals surface area contributed by atoms with E-state index in [0.29, 0.717) is 30.1 Å². The average molecular weight is 516 g/mol. The summed E-state index contributed by atoms with van der Waals surface area (Å²) in [5, 5.41) is 0. The Morgan fingerprint density at radius 3 is 2.54 bits per heavy atom. The molecule has 1 aromatic heterocycles. The van der Waals surface area contributed by atoms with Gasteiger partial charge in [-0.3, -0.25) is 4.79 Å². The van der Waals surface area contributed by atoms with Crippen LogP contribution in [0.15, 0.2) is 52.4 Å². The minimum Gasteiger partial charge on any atom is -0.380 e. The number of aromatic nitrogens is 1. The lowest BCUT2D eigenvalue weighted by Crippen LogP contribution is -2.38. The van der Waals surface area contributed by atoms with Crippen molar-refractivity contribution in [1.29, 1.82) is 0 Å². The van der Waals surface area contributed by atoms with Gasteiger partial charge in [0.2, 0.25) is 10.0 Å². The number of rotatable bonds is 8. The smallest absolute Gasteiger partial charge is 0.279 e. The van der Waals surface area contributed by atoms with Crippen molar-refractivity contribution in [1.82, 2.24) is 8.87 Å². The molecule has 35 heavy (non-hydrogen) atoms. The fourth-order valence-corrected chi connectivity index (χ4v) is 7.08. The molecule has 1 heterocycles. The molecule has 0 N–H and O–H groups in total. The van der Waals surface area contributed by atoms with Gasteiger partial charge in [-0.25, -0.2) is 8.42 Å². The molecule has 0 aliphatic heterocycles. The number of thiazole rings is 1. The van der Waals surface area contributed by atoms with Crippen molar-refractivity contribution >= 4 is 37.5 Å². The predicted octanol–water partition coefficient (Wildman–Crippen LogP) is 4.74. The van der Waals surface area contributed by atoms with Gasteiger partial charge in [0.25, 0.3) is 5.91 Å². The zero-order valence-electron chi connectivity index (χ0n) is 20.6. The molecule has 0 saturated heterocycles. The van der Waals surface area contributed by atoms with Crippen LogP contribution in [0.4, 0.5) is 0 Å². The van der Waals surface area contributed by atoms with Crippen LogP contribution in [0.25, 0.3) is 10.2 Å². The fourth-order valence-electron chi connectivity index (χ4n) is 4.51. The van der Waals surface area contributed by atoms with Crippen LogP contribution in [-0.2, 0) is 21.3 Å². The Bertz CT molecular complexity index is 1350. The summed E-state index contributed by atoms with van der Waals surface area (Å²) in [5.74, 6) is -0.400. The molecule has 0 spiro atoms. The van der Waals surface area contributed by atoms with E-state index in [-0.39, 0.29) is 10.9 Å². The Kier molecular flexibility index (Phi) is 8.21. The lowest BCUT2D eigenvalue weighted by Gasteiger charge is -2.30. The molecular weight excluding hydrogens is 482 g/mol. The average Bonchev–Trinajstić information content (AvgIpc) is 3.20. The quantitative estimate of drug-likeness (QED) is 0.406. The largest absolute Gasteiger partial charge is 0.380 e. The second-order valence-corrected chi connectivity index (χ2v) is 12.0. The van der Waals surface area contributed by atoms with Crippen LogP contribution in [0.2, 0.25) is 0 Å². The number of carbonyl (C=O) groups excluding carboxylic acids is 1. The summed E-state index contributed by atoms with van der Waals surface area (Å²) in [4.78, 5) is 18.2. The second kappa shape index (κ2) is 11.2. The van der Waals surface area contributed by atoms with Crippen molar-refractivity contribution in [3.8, 4) is 0 Å². The molecule has 0 radical (unpaired) electrons. The Balaban J connectivity index is 1.60. The van der Waals surface area contributed by atoms with E-state index in [1.807, 2.05) is 30.5 Å². The van der Waals surface area contributed by atoms with Crippen molar-refractivity contribution in [3.63, 3.8) is 0 Å². The van der Waals surface area contributed by atoms with Crippen LogP contribution < -0.4 is 4.80 Å². The Hall–Kier alpha value is -2.33. The molecule has 1 aliphatic rings. The van der Waals surface area contributed by atoms with E-state index in [1.165, 1.54) is 27.8 Å². The first-order chi connectivity index (χ1) is 16.8. The first-order valence-electron chi connectivity index (χ1n) is 12.2. The third-order valence-electron chi connectivity index (χ3n) is 6.57. The van der Waals surface area contributed by atoms with Gasteiger partial charge in [0.05, 0.1) is 21.7 Å². The molecule has 0 atom stereocenters. The predicted molar refractivity (Wildman–Crippen MR) is 139 cm³/mol. The maximum atomic E-state index is 13.1. The molecule has 1 fully saturated rings. The number of aryl methyl sites for hydroxylation is 1. The van der Waals surface area contributed by atoms with Crippen LogP contribution in [0.1, 0.15) is 54.9 Å². The third-order valence-corrected chi connectivity index (χ3v) is 9.53. The number of hydrogen-bond donors (Lipinski definition) is 0. The van der Waals surface area contributed by atoms with Gasteiger partial charge in [-0.05, 0) is 68.7 Å². The first-order valence-corrected chi connectivity index (χ1v) is 14.4. The van der Waals surface area contributed by atoms with E-state index in [0.717, 1.165) is 47.9 Å². The Labute approximate surface area is 211 Å². The van der Waals surface area contributed by atoms with Gasteiger partial charge in [0, 0.05) is 31.8 Å². The van der Waals surface area contributed by atoms with Gasteiger partial charge in [-0.15, -0.1) is 0 Å². The number of benzene rings is 2. The summed E-state index contributed by atoms with van der Waals surface area (Å²) in [6.07, 6.45) is 5.06. The van der Waals surface area contributed by atoms with Gasteiger partial charge < -0.3 is 9.30 Å². The number of ether oxygens (including phenoxy) is 1.